The van der Waals surface area contributed by atoms with E-state index in [1.54, 1.807) is 7.11 Å². The lowest BCUT2D eigenvalue weighted by Gasteiger charge is -2.18. The van der Waals surface area contributed by atoms with Crippen LogP contribution in [0.25, 0.3) is 33.3 Å². The Morgan fingerprint density at radius 1 is 0.886 bits per heavy atom. The van der Waals surface area contributed by atoms with Crippen LogP contribution in [0.2, 0.25) is 0 Å². The second-order valence-electron chi connectivity index (χ2n) is 8.95. The summed E-state index contributed by atoms with van der Waals surface area (Å²) in [6, 6.07) is 27.5. The zero-order valence-corrected chi connectivity index (χ0v) is 19.7. The summed E-state index contributed by atoms with van der Waals surface area (Å²) >= 11 is 0. The first-order valence-corrected chi connectivity index (χ1v) is 12.0. The molecule has 35 heavy (non-hydrogen) atoms. The van der Waals surface area contributed by atoms with E-state index < -0.39 is 0 Å². The number of benzene rings is 3. The molecule has 2 aromatic heterocycles. The van der Waals surface area contributed by atoms with Crippen molar-refractivity contribution in [3.63, 3.8) is 0 Å². The van der Waals surface area contributed by atoms with E-state index in [0.29, 0.717) is 13.2 Å². The van der Waals surface area contributed by atoms with Gasteiger partial charge in [-0.1, -0.05) is 48.5 Å². The predicted molar refractivity (Wildman–Crippen MR) is 138 cm³/mol. The number of methoxy groups -OCH3 is 1. The number of nitrogens with zero attached hydrogens (tertiary/aromatic N) is 3. The van der Waals surface area contributed by atoms with E-state index in [2.05, 4.69) is 76.3 Å². The van der Waals surface area contributed by atoms with Gasteiger partial charge in [-0.2, -0.15) is 0 Å². The van der Waals surface area contributed by atoms with Gasteiger partial charge in [-0.25, -0.2) is 4.98 Å². The number of pyridine rings is 1. The number of imidazole rings is 1. The first-order valence-electron chi connectivity index (χ1n) is 12.0. The molecule has 5 aromatic rings. The van der Waals surface area contributed by atoms with Crippen LogP contribution in [0, 0.1) is 0 Å². The molecule has 3 aromatic carbocycles. The van der Waals surface area contributed by atoms with Gasteiger partial charge >= 0.3 is 0 Å². The van der Waals surface area contributed by atoms with Gasteiger partial charge in [0, 0.05) is 29.9 Å². The number of hydrogen-bond acceptors (Lipinski definition) is 4. The Morgan fingerprint density at radius 3 is 2.49 bits per heavy atom. The Bertz CT molecular complexity index is 1460. The lowest BCUT2D eigenvalue weighted by atomic mass is 10.0. The van der Waals surface area contributed by atoms with Crippen LogP contribution in [0.4, 0.5) is 0 Å². The van der Waals surface area contributed by atoms with Crippen molar-refractivity contribution in [1.29, 1.82) is 0 Å². The maximum Gasteiger partial charge on any atom is 0.118 e. The van der Waals surface area contributed by atoms with E-state index in [1.807, 2.05) is 24.5 Å². The van der Waals surface area contributed by atoms with Gasteiger partial charge in [0.2, 0.25) is 0 Å². The summed E-state index contributed by atoms with van der Waals surface area (Å²) in [5.74, 6) is 1.98. The molecule has 0 amide bonds. The molecule has 1 atom stereocenters. The van der Waals surface area contributed by atoms with Gasteiger partial charge in [-0.15, -0.1) is 0 Å². The molecule has 6 rings (SSSR count). The summed E-state index contributed by atoms with van der Waals surface area (Å²) in [4.78, 5) is 9.40. The normalized spacial score (nSPS) is 14.8. The highest BCUT2D eigenvalue weighted by atomic mass is 16.5. The largest absolute Gasteiger partial charge is 0.497 e. The van der Waals surface area contributed by atoms with E-state index in [1.165, 1.54) is 10.8 Å². The maximum atomic E-state index is 6.20. The van der Waals surface area contributed by atoms with E-state index in [4.69, 9.17) is 14.5 Å². The molecule has 0 N–H and O–H groups in total. The molecule has 0 fully saturated rings. The van der Waals surface area contributed by atoms with Gasteiger partial charge in [-0.3, -0.25) is 4.98 Å². The summed E-state index contributed by atoms with van der Waals surface area (Å²) in [7, 11) is 1.68. The topological polar surface area (TPSA) is 49.2 Å². The molecule has 0 saturated heterocycles. The van der Waals surface area contributed by atoms with E-state index in [0.717, 1.165) is 52.5 Å². The van der Waals surface area contributed by atoms with Crippen molar-refractivity contribution < 1.29 is 9.47 Å². The Hall–Kier alpha value is -3.96. The maximum absolute atomic E-state index is 6.20. The zero-order valence-electron chi connectivity index (χ0n) is 19.7. The van der Waals surface area contributed by atoms with Crippen LogP contribution in [0.1, 0.15) is 23.9 Å². The zero-order chi connectivity index (χ0) is 23.6. The number of hydrogen-bond donors (Lipinski definition) is 0. The van der Waals surface area contributed by atoms with Crippen LogP contribution in [-0.2, 0) is 17.8 Å². The van der Waals surface area contributed by atoms with Gasteiger partial charge < -0.3 is 14.0 Å². The van der Waals surface area contributed by atoms with Crippen molar-refractivity contribution in [2.75, 3.05) is 13.7 Å². The molecule has 5 heteroatoms. The van der Waals surface area contributed by atoms with Crippen molar-refractivity contribution in [1.82, 2.24) is 14.5 Å². The molecule has 3 heterocycles. The highest BCUT2D eigenvalue weighted by Gasteiger charge is 2.30. The van der Waals surface area contributed by atoms with E-state index >= 15 is 0 Å². The molecule has 0 bridgehead atoms. The average Bonchev–Trinajstić information content (AvgIpc) is 3.49. The first-order chi connectivity index (χ1) is 17.3. The van der Waals surface area contributed by atoms with Crippen LogP contribution in [0.3, 0.4) is 0 Å². The fourth-order valence-corrected chi connectivity index (χ4v) is 4.99. The number of aromatic nitrogens is 3. The van der Waals surface area contributed by atoms with Crippen LogP contribution >= 0.6 is 0 Å². The molecule has 174 valence electrons. The summed E-state index contributed by atoms with van der Waals surface area (Å²) < 4.78 is 13.8. The fraction of sp³-hybridized carbons (Fsp3) is 0.200. The summed E-state index contributed by atoms with van der Waals surface area (Å²) in [6.07, 6.45) is 5.68. The van der Waals surface area contributed by atoms with Crippen molar-refractivity contribution in [2.45, 2.75) is 25.5 Å². The van der Waals surface area contributed by atoms with Crippen molar-refractivity contribution in [3.05, 3.63) is 103 Å². The minimum atomic E-state index is 0.244. The van der Waals surface area contributed by atoms with Gasteiger partial charge in [-0.05, 0) is 53.1 Å². The Morgan fingerprint density at radius 2 is 1.69 bits per heavy atom. The number of rotatable bonds is 7. The second-order valence-corrected chi connectivity index (χ2v) is 8.95. The highest BCUT2D eigenvalue weighted by Crippen LogP contribution is 2.40. The lowest BCUT2D eigenvalue weighted by molar-refractivity contribution is 0.0925. The van der Waals surface area contributed by atoms with E-state index in [9.17, 15) is 0 Å². The quantitative estimate of drug-likeness (QED) is 0.278. The second kappa shape index (κ2) is 9.35. The van der Waals surface area contributed by atoms with Gasteiger partial charge in [0.05, 0.1) is 37.8 Å². The number of fused-ring (bicyclic) bond motifs is 2. The molecule has 1 aliphatic heterocycles. The molecule has 5 nitrogen and oxygen atoms in total. The smallest absolute Gasteiger partial charge is 0.118 e. The van der Waals surface area contributed by atoms with Crippen LogP contribution in [0.5, 0.6) is 5.75 Å². The fourth-order valence-electron chi connectivity index (χ4n) is 4.99. The highest BCUT2D eigenvalue weighted by molar-refractivity contribution is 5.89. The third-order valence-electron chi connectivity index (χ3n) is 6.77. The SMILES string of the molecule is COc1ccc(COC[C@@H]2CCc3nc(-c4ccc5ccccc5c4)c(-c4ccncc4)n32)cc1. The molecule has 0 aliphatic carbocycles. The summed E-state index contributed by atoms with van der Waals surface area (Å²) in [5.41, 5.74) is 5.57. The molecule has 1 aliphatic rings. The van der Waals surface area contributed by atoms with Crippen LogP contribution in [0.15, 0.2) is 91.3 Å². The summed E-state index contributed by atoms with van der Waals surface area (Å²) in [6.45, 7) is 1.22. The minimum absolute atomic E-state index is 0.244. The Kier molecular flexibility index (Phi) is 5.76. The predicted octanol–water partition coefficient (Wildman–Crippen LogP) is 6.48. The third kappa shape index (κ3) is 4.19. The van der Waals surface area contributed by atoms with Crippen molar-refractivity contribution in [2.24, 2.45) is 0 Å². The van der Waals surface area contributed by atoms with Gasteiger partial charge in [0.1, 0.15) is 11.6 Å². The monoisotopic (exact) mass is 461 g/mol. The Balaban J connectivity index is 1.33. The standard InChI is InChI=1S/C30H27N3O2/c1-34-27-11-6-21(7-12-27)19-35-20-26-10-13-28-32-29(30(33(26)28)23-14-16-31-17-15-23)25-9-8-22-4-2-3-5-24(22)18-25/h2-9,11-12,14-18,26H,10,13,19-20H2,1H3/t26-/m0/s1. The molecule has 0 unspecified atom stereocenters. The third-order valence-corrected chi connectivity index (χ3v) is 6.77. The Labute approximate surface area is 205 Å². The molecule has 0 saturated carbocycles. The van der Waals surface area contributed by atoms with Crippen molar-refractivity contribution in [3.8, 4) is 28.3 Å². The average molecular weight is 462 g/mol. The van der Waals surface area contributed by atoms with Gasteiger partial charge in [0.15, 0.2) is 0 Å². The molecule has 0 spiro atoms. The van der Waals surface area contributed by atoms with E-state index in [-0.39, 0.29) is 6.04 Å². The van der Waals surface area contributed by atoms with Crippen molar-refractivity contribution >= 4 is 10.8 Å². The van der Waals surface area contributed by atoms with Crippen LogP contribution in [-0.4, -0.2) is 28.3 Å². The number of aryl methyl sites for hydroxylation is 1. The lowest BCUT2D eigenvalue weighted by Crippen LogP contribution is -2.13. The van der Waals surface area contributed by atoms with Gasteiger partial charge in [0.25, 0.3) is 0 Å². The molecule has 0 radical (unpaired) electrons. The minimum Gasteiger partial charge on any atom is -0.497 e. The number of ether oxygens (including phenoxy) is 2. The molecular weight excluding hydrogens is 434 g/mol. The summed E-state index contributed by atoms with van der Waals surface area (Å²) in [5, 5.41) is 2.46. The van der Waals surface area contributed by atoms with Crippen LogP contribution < -0.4 is 4.74 Å². The molecular formula is C30H27N3O2. The first kappa shape index (κ1) is 21.6.